The van der Waals surface area contributed by atoms with Crippen molar-refractivity contribution in [2.24, 2.45) is 0 Å². The van der Waals surface area contributed by atoms with Crippen LogP contribution < -0.4 is 15.5 Å². The molecule has 0 saturated heterocycles. The fourth-order valence-electron chi connectivity index (χ4n) is 3.88. The number of fused-ring (bicyclic) bond motifs is 1. The summed E-state index contributed by atoms with van der Waals surface area (Å²) in [6.45, 7) is 5.47. The Morgan fingerprint density at radius 3 is 2.26 bits per heavy atom. The van der Waals surface area contributed by atoms with Crippen LogP contribution in [0.1, 0.15) is 68.5 Å². The van der Waals surface area contributed by atoms with E-state index in [4.69, 9.17) is 0 Å². The van der Waals surface area contributed by atoms with E-state index >= 15 is 0 Å². The number of hydrogen-bond acceptors (Lipinski definition) is 4. The quantitative estimate of drug-likeness (QED) is 0.530. The Balaban J connectivity index is 1.50. The number of carbonyl (C=O) groups is 4. The summed E-state index contributed by atoms with van der Waals surface area (Å²) in [5.41, 5.74) is 3.68. The number of rotatable bonds is 6. The third-order valence-corrected chi connectivity index (χ3v) is 5.87. The maximum Gasteiger partial charge on any atom is 0.266 e. The molecule has 1 atom stereocenters. The molecule has 0 radical (unpaired) electrons. The molecular weight excluding hydrogens is 430 g/mol. The Morgan fingerprint density at radius 2 is 1.59 bits per heavy atom. The molecule has 0 spiro atoms. The second-order valence-electron chi connectivity index (χ2n) is 8.21. The molecule has 3 aromatic rings. The molecule has 1 unspecified atom stereocenters. The van der Waals surface area contributed by atoms with E-state index in [1.807, 2.05) is 38.1 Å². The lowest BCUT2D eigenvalue weighted by atomic mass is 10.0. The van der Waals surface area contributed by atoms with Crippen LogP contribution in [-0.4, -0.2) is 23.6 Å². The maximum absolute atomic E-state index is 13.1. The van der Waals surface area contributed by atoms with E-state index in [0.717, 1.165) is 16.0 Å². The lowest BCUT2D eigenvalue weighted by Crippen LogP contribution is -2.30. The molecule has 3 aromatic carbocycles. The molecule has 4 amide bonds. The van der Waals surface area contributed by atoms with Gasteiger partial charge in [-0.1, -0.05) is 37.3 Å². The normalized spacial score (nSPS) is 13.4. The molecule has 34 heavy (non-hydrogen) atoms. The van der Waals surface area contributed by atoms with Crippen molar-refractivity contribution in [3.63, 3.8) is 0 Å². The van der Waals surface area contributed by atoms with Crippen LogP contribution in [0.5, 0.6) is 0 Å². The molecule has 0 bridgehead atoms. The summed E-state index contributed by atoms with van der Waals surface area (Å²) in [6, 6.07) is 18.7. The number of nitrogens with one attached hydrogen (secondary N) is 2. The van der Waals surface area contributed by atoms with Gasteiger partial charge in [0.25, 0.3) is 17.7 Å². The third kappa shape index (κ3) is 4.32. The zero-order valence-electron chi connectivity index (χ0n) is 19.2. The van der Waals surface area contributed by atoms with E-state index < -0.39 is 11.8 Å². The molecule has 4 rings (SSSR count). The summed E-state index contributed by atoms with van der Waals surface area (Å²) >= 11 is 0. The Kier molecular flexibility index (Phi) is 6.27. The monoisotopic (exact) mass is 455 g/mol. The van der Waals surface area contributed by atoms with Gasteiger partial charge in [-0.25, -0.2) is 4.90 Å². The number of anilines is 2. The Hall–Kier alpha value is -4.26. The number of para-hydroxylation sites is 1. The summed E-state index contributed by atoms with van der Waals surface area (Å²) < 4.78 is 0. The summed E-state index contributed by atoms with van der Waals surface area (Å²) in [4.78, 5) is 51.5. The topological polar surface area (TPSA) is 95.6 Å². The molecule has 2 N–H and O–H groups in total. The number of aryl methyl sites for hydroxylation is 1. The molecule has 0 aliphatic carbocycles. The molecule has 7 heteroatoms. The standard InChI is InChI=1S/C27H25N3O4/c1-4-24(31)29-20-12-9-18(10-13-20)17(3)28-25(32)19-11-14-21-22(15-19)27(34)30(26(21)33)23-8-6-5-7-16(23)2/h5-15,17H,4H2,1-3H3,(H,28,32)(H,29,31). The van der Waals surface area contributed by atoms with Crippen LogP contribution >= 0.6 is 0 Å². The van der Waals surface area contributed by atoms with Crippen molar-refractivity contribution in [2.75, 3.05) is 10.2 Å². The van der Waals surface area contributed by atoms with Gasteiger partial charge < -0.3 is 10.6 Å². The van der Waals surface area contributed by atoms with Crippen molar-refractivity contribution in [1.29, 1.82) is 0 Å². The van der Waals surface area contributed by atoms with Crippen molar-refractivity contribution < 1.29 is 19.2 Å². The van der Waals surface area contributed by atoms with Crippen LogP contribution in [0.3, 0.4) is 0 Å². The Bertz CT molecular complexity index is 1300. The third-order valence-electron chi connectivity index (χ3n) is 5.87. The largest absolute Gasteiger partial charge is 0.346 e. The fraction of sp³-hybridized carbons (Fsp3) is 0.185. The highest BCUT2D eigenvalue weighted by atomic mass is 16.2. The number of amides is 4. The van der Waals surface area contributed by atoms with E-state index in [1.54, 1.807) is 37.3 Å². The molecule has 1 aliphatic rings. The SMILES string of the molecule is CCC(=O)Nc1ccc(C(C)NC(=O)c2ccc3c(c2)C(=O)N(c2ccccc2C)C3=O)cc1. The highest BCUT2D eigenvalue weighted by molar-refractivity contribution is 6.35. The second-order valence-corrected chi connectivity index (χ2v) is 8.21. The first-order valence-electron chi connectivity index (χ1n) is 11.1. The average Bonchev–Trinajstić information content (AvgIpc) is 3.09. The Morgan fingerprint density at radius 1 is 0.912 bits per heavy atom. The van der Waals surface area contributed by atoms with Crippen molar-refractivity contribution in [2.45, 2.75) is 33.2 Å². The number of nitrogens with zero attached hydrogens (tertiary/aromatic N) is 1. The van der Waals surface area contributed by atoms with Crippen molar-refractivity contribution >= 4 is 35.0 Å². The predicted molar refractivity (Wildman–Crippen MR) is 130 cm³/mol. The van der Waals surface area contributed by atoms with Crippen molar-refractivity contribution in [1.82, 2.24) is 5.32 Å². The van der Waals surface area contributed by atoms with Gasteiger partial charge in [-0.3, -0.25) is 19.2 Å². The van der Waals surface area contributed by atoms with Crippen molar-refractivity contribution in [3.8, 4) is 0 Å². The molecule has 0 fully saturated rings. The maximum atomic E-state index is 13.1. The van der Waals surface area contributed by atoms with Crippen LogP contribution in [0.15, 0.2) is 66.7 Å². The average molecular weight is 456 g/mol. The number of imide groups is 1. The molecule has 1 aliphatic heterocycles. The van der Waals surface area contributed by atoms with Gasteiger partial charge in [0.1, 0.15) is 0 Å². The zero-order valence-corrected chi connectivity index (χ0v) is 19.2. The zero-order chi connectivity index (χ0) is 24.4. The van der Waals surface area contributed by atoms with Gasteiger partial charge in [-0.2, -0.15) is 0 Å². The van der Waals surface area contributed by atoms with Gasteiger partial charge in [0.2, 0.25) is 5.91 Å². The van der Waals surface area contributed by atoms with E-state index in [9.17, 15) is 19.2 Å². The minimum absolute atomic E-state index is 0.0697. The van der Waals surface area contributed by atoms with E-state index in [2.05, 4.69) is 10.6 Å². The first-order chi connectivity index (χ1) is 16.3. The summed E-state index contributed by atoms with van der Waals surface area (Å²) in [6.07, 6.45) is 0.395. The van der Waals surface area contributed by atoms with Crippen LogP contribution in [0.4, 0.5) is 11.4 Å². The number of carbonyl (C=O) groups excluding carboxylic acids is 4. The van der Waals surface area contributed by atoms with Crippen LogP contribution in [0.2, 0.25) is 0 Å². The van der Waals surface area contributed by atoms with Crippen LogP contribution in [0, 0.1) is 6.92 Å². The molecule has 7 nitrogen and oxygen atoms in total. The number of benzene rings is 3. The van der Waals surface area contributed by atoms with Gasteiger partial charge in [-0.15, -0.1) is 0 Å². The molecular formula is C27H25N3O4. The van der Waals surface area contributed by atoms with E-state index in [1.165, 1.54) is 12.1 Å². The van der Waals surface area contributed by atoms with Gasteiger partial charge >= 0.3 is 0 Å². The lowest BCUT2D eigenvalue weighted by molar-refractivity contribution is -0.115. The second kappa shape index (κ2) is 9.31. The van der Waals surface area contributed by atoms with Gasteiger partial charge in [-0.05, 0) is 61.4 Å². The lowest BCUT2D eigenvalue weighted by Gasteiger charge is -2.16. The first kappa shape index (κ1) is 22.9. The fourth-order valence-corrected chi connectivity index (χ4v) is 3.88. The minimum atomic E-state index is -0.443. The summed E-state index contributed by atoms with van der Waals surface area (Å²) in [5.74, 6) is -1.26. The minimum Gasteiger partial charge on any atom is -0.346 e. The summed E-state index contributed by atoms with van der Waals surface area (Å²) in [7, 11) is 0. The molecule has 0 saturated carbocycles. The highest BCUT2D eigenvalue weighted by Crippen LogP contribution is 2.31. The predicted octanol–water partition coefficient (Wildman–Crippen LogP) is 4.64. The first-order valence-corrected chi connectivity index (χ1v) is 11.1. The number of hydrogen-bond donors (Lipinski definition) is 2. The van der Waals surface area contributed by atoms with Crippen LogP contribution in [-0.2, 0) is 4.79 Å². The van der Waals surface area contributed by atoms with Gasteiger partial charge in [0.15, 0.2) is 0 Å². The molecule has 0 aromatic heterocycles. The van der Waals surface area contributed by atoms with Gasteiger partial charge in [0, 0.05) is 17.7 Å². The Labute approximate surface area is 197 Å². The smallest absolute Gasteiger partial charge is 0.266 e. The molecule has 172 valence electrons. The highest BCUT2D eigenvalue weighted by Gasteiger charge is 2.37. The van der Waals surface area contributed by atoms with Crippen molar-refractivity contribution in [3.05, 3.63) is 94.5 Å². The van der Waals surface area contributed by atoms with E-state index in [-0.39, 0.29) is 29.0 Å². The van der Waals surface area contributed by atoms with E-state index in [0.29, 0.717) is 23.4 Å². The van der Waals surface area contributed by atoms with Crippen LogP contribution in [0.25, 0.3) is 0 Å². The summed E-state index contributed by atoms with van der Waals surface area (Å²) in [5, 5.41) is 5.70. The molecule has 1 heterocycles. The van der Waals surface area contributed by atoms with Gasteiger partial charge in [0.05, 0.1) is 22.9 Å².